The molecule has 3 aromatic carbocycles. The summed E-state index contributed by atoms with van der Waals surface area (Å²) in [5, 5.41) is 3.04. The summed E-state index contributed by atoms with van der Waals surface area (Å²) in [6.45, 7) is 8.47. The fraction of sp³-hybridized carbons (Fsp3) is 0.333. The van der Waals surface area contributed by atoms with Gasteiger partial charge in [0.25, 0.3) is 0 Å². The number of carbonyl (C=O) groups excluding carboxylic acids is 2. The Balaban J connectivity index is 1.82. The fourth-order valence-corrected chi connectivity index (χ4v) is 5.05. The summed E-state index contributed by atoms with van der Waals surface area (Å²) in [6.07, 6.45) is 0.472. The molecule has 2 amide bonds. The van der Waals surface area contributed by atoms with E-state index in [4.69, 9.17) is 0 Å². The Morgan fingerprint density at radius 1 is 0.829 bits per heavy atom. The largest absolute Gasteiger partial charge is 0.352 e. The smallest absolute Gasteiger partial charge is 0.243 e. The summed E-state index contributed by atoms with van der Waals surface area (Å²) in [7, 11) is 0. The predicted octanol–water partition coefficient (Wildman–Crippen LogP) is 5.70. The molecule has 1 atom stereocenters. The second-order valence-corrected chi connectivity index (χ2v) is 10.4. The van der Waals surface area contributed by atoms with Crippen molar-refractivity contribution in [3.8, 4) is 0 Å². The van der Waals surface area contributed by atoms with Crippen molar-refractivity contribution >= 4 is 23.6 Å². The van der Waals surface area contributed by atoms with Crippen molar-refractivity contribution in [1.29, 1.82) is 0 Å². The monoisotopic (exact) mass is 488 g/mol. The molecule has 1 N–H and O–H groups in total. The number of amides is 2. The number of benzene rings is 3. The molecule has 1 unspecified atom stereocenters. The van der Waals surface area contributed by atoms with Crippen LogP contribution in [-0.2, 0) is 28.3 Å². The predicted molar refractivity (Wildman–Crippen MR) is 146 cm³/mol. The summed E-state index contributed by atoms with van der Waals surface area (Å²) < 4.78 is 0. The van der Waals surface area contributed by atoms with E-state index >= 15 is 0 Å². The van der Waals surface area contributed by atoms with Gasteiger partial charge in [0.2, 0.25) is 11.8 Å². The molecule has 0 radical (unpaired) electrons. The third kappa shape index (κ3) is 8.59. The van der Waals surface area contributed by atoms with Crippen molar-refractivity contribution in [1.82, 2.24) is 10.2 Å². The lowest BCUT2D eigenvalue weighted by atomic mass is 10.0. The quantitative estimate of drug-likeness (QED) is 0.377. The van der Waals surface area contributed by atoms with E-state index in [0.29, 0.717) is 18.7 Å². The maximum Gasteiger partial charge on any atom is 0.243 e. The maximum atomic E-state index is 13.6. The first kappa shape index (κ1) is 26.6. The minimum absolute atomic E-state index is 0.00612. The van der Waals surface area contributed by atoms with Gasteiger partial charge in [0, 0.05) is 24.8 Å². The van der Waals surface area contributed by atoms with E-state index in [9.17, 15) is 9.59 Å². The number of nitrogens with one attached hydrogen (secondary N) is 1. The standard InChI is InChI=1S/C30H36N2O2S/c1-22(2)31-30(34)28(18-25-11-7-5-8-12-25)32(19-26-13-9-6-10-14-26)29(33)21-35-20-27-16-23(3)15-24(4)17-27/h5-17,22,28H,18-21H2,1-4H3,(H,31,34). The molecule has 0 spiro atoms. The van der Waals surface area contributed by atoms with Gasteiger partial charge in [-0.05, 0) is 44.4 Å². The van der Waals surface area contributed by atoms with E-state index in [-0.39, 0.29) is 17.9 Å². The average Bonchev–Trinajstić information content (AvgIpc) is 2.81. The van der Waals surface area contributed by atoms with Gasteiger partial charge in [0.15, 0.2) is 0 Å². The highest BCUT2D eigenvalue weighted by molar-refractivity contribution is 7.99. The van der Waals surface area contributed by atoms with Crippen LogP contribution in [0.3, 0.4) is 0 Å². The van der Waals surface area contributed by atoms with Crippen LogP contribution in [0.25, 0.3) is 0 Å². The van der Waals surface area contributed by atoms with Gasteiger partial charge in [-0.15, -0.1) is 11.8 Å². The van der Waals surface area contributed by atoms with E-state index in [1.165, 1.54) is 16.7 Å². The van der Waals surface area contributed by atoms with Crippen LogP contribution >= 0.6 is 11.8 Å². The molecule has 35 heavy (non-hydrogen) atoms. The zero-order chi connectivity index (χ0) is 25.2. The molecule has 0 aliphatic heterocycles. The van der Waals surface area contributed by atoms with Crippen LogP contribution in [0, 0.1) is 13.8 Å². The van der Waals surface area contributed by atoms with Gasteiger partial charge in [-0.2, -0.15) is 0 Å². The van der Waals surface area contributed by atoms with Gasteiger partial charge in [0.1, 0.15) is 6.04 Å². The first-order chi connectivity index (χ1) is 16.8. The molecule has 0 aromatic heterocycles. The SMILES string of the molecule is Cc1cc(C)cc(CSCC(=O)N(Cc2ccccc2)C(Cc2ccccc2)C(=O)NC(C)C)c1. The molecule has 0 heterocycles. The van der Waals surface area contributed by atoms with E-state index in [0.717, 1.165) is 16.9 Å². The molecular weight excluding hydrogens is 452 g/mol. The van der Waals surface area contributed by atoms with Crippen molar-refractivity contribution in [3.63, 3.8) is 0 Å². The fourth-order valence-electron chi connectivity index (χ4n) is 4.21. The number of nitrogens with zero attached hydrogens (tertiary/aromatic N) is 1. The summed E-state index contributed by atoms with van der Waals surface area (Å²) in [5.41, 5.74) is 5.71. The molecular formula is C30H36N2O2S. The van der Waals surface area contributed by atoms with E-state index < -0.39 is 6.04 Å². The minimum atomic E-state index is -0.589. The molecule has 0 saturated carbocycles. The first-order valence-corrected chi connectivity index (χ1v) is 13.3. The highest BCUT2D eigenvalue weighted by Crippen LogP contribution is 2.20. The summed E-state index contributed by atoms with van der Waals surface area (Å²) >= 11 is 1.60. The topological polar surface area (TPSA) is 49.4 Å². The third-order valence-corrected chi connectivity index (χ3v) is 6.66. The van der Waals surface area contributed by atoms with Crippen LogP contribution in [0.4, 0.5) is 0 Å². The Bertz CT molecular complexity index is 1080. The Morgan fingerprint density at radius 3 is 1.97 bits per heavy atom. The zero-order valence-electron chi connectivity index (χ0n) is 21.2. The second kappa shape index (κ2) is 13.1. The van der Waals surface area contributed by atoms with E-state index in [1.807, 2.05) is 74.5 Å². The lowest BCUT2D eigenvalue weighted by Crippen LogP contribution is -2.52. The molecule has 0 aliphatic rings. The third-order valence-electron chi connectivity index (χ3n) is 5.67. The number of aryl methyl sites for hydroxylation is 2. The second-order valence-electron chi connectivity index (χ2n) is 9.36. The number of hydrogen-bond acceptors (Lipinski definition) is 3. The lowest BCUT2D eigenvalue weighted by molar-refractivity contribution is -0.139. The normalized spacial score (nSPS) is 11.8. The number of carbonyl (C=O) groups is 2. The van der Waals surface area contributed by atoms with Crippen molar-refractivity contribution in [3.05, 3.63) is 107 Å². The molecule has 3 rings (SSSR count). The average molecular weight is 489 g/mol. The Labute approximate surface area is 214 Å². The Morgan fingerprint density at radius 2 is 1.40 bits per heavy atom. The van der Waals surface area contributed by atoms with Crippen LogP contribution in [-0.4, -0.2) is 34.6 Å². The summed E-state index contributed by atoms with van der Waals surface area (Å²) in [4.78, 5) is 28.7. The molecule has 0 fully saturated rings. The number of thioether (sulfide) groups is 1. The summed E-state index contributed by atoms with van der Waals surface area (Å²) in [5.74, 6) is 0.935. The maximum absolute atomic E-state index is 13.6. The molecule has 0 saturated heterocycles. The summed E-state index contributed by atoms with van der Waals surface area (Å²) in [6, 6.07) is 25.7. The van der Waals surface area contributed by atoms with E-state index in [1.54, 1.807) is 16.7 Å². The molecule has 4 nitrogen and oxygen atoms in total. The van der Waals surface area contributed by atoms with Crippen LogP contribution in [0.15, 0.2) is 78.9 Å². The Hall–Kier alpha value is -3.05. The van der Waals surface area contributed by atoms with Gasteiger partial charge in [-0.1, -0.05) is 90.0 Å². The van der Waals surface area contributed by atoms with Crippen molar-refractivity contribution in [2.45, 2.75) is 58.5 Å². The van der Waals surface area contributed by atoms with E-state index in [2.05, 4.69) is 37.4 Å². The van der Waals surface area contributed by atoms with Crippen LogP contribution < -0.4 is 5.32 Å². The van der Waals surface area contributed by atoms with Crippen LogP contribution in [0.2, 0.25) is 0 Å². The van der Waals surface area contributed by atoms with Gasteiger partial charge in [-0.25, -0.2) is 0 Å². The van der Waals surface area contributed by atoms with Gasteiger partial charge < -0.3 is 10.2 Å². The number of hydrogen-bond donors (Lipinski definition) is 1. The van der Waals surface area contributed by atoms with Crippen molar-refractivity contribution in [2.75, 3.05) is 5.75 Å². The van der Waals surface area contributed by atoms with Gasteiger partial charge in [-0.3, -0.25) is 9.59 Å². The molecule has 0 aliphatic carbocycles. The minimum Gasteiger partial charge on any atom is -0.352 e. The number of rotatable bonds is 11. The highest BCUT2D eigenvalue weighted by Gasteiger charge is 2.30. The van der Waals surface area contributed by atoms with Crippen LogP contribution in [0.1, 0.15) is 41.7 Å². The van der Waals surface area contributed by atoms with Gasteiger partial charge >= 0.3 is 0 Å². The van der Waals surface area contributed by atoms with Crippen molar-refractivity contribution in [2.24, 2.45) is 0 Å². The molecule has 184 valence electrons. The Kier molecular flexibility index (Phi) is 9.98. The molecule has 0 bridgehead atoms. The highest BCUT2D eigenvalue weighted by atomic mass is 32.2. The van der Waals surface area contributed by atoms with Crippen molar-refractivity contribution < 1.29 is 9.59 Å². The first-order valence-electron chi connectivity index (χ1n) is 12.1. The molecule has 3 aromatic rings. The van der Waals surface area contributed by atoms with Crippen LogP contribution in [0.5, 0.6) is 0 Å². The van der Waals surface area contributed by atoms with Gasteiger partial charge in [0.05, 0.1) is 5.75 Å². The lowest BCUT2D eigenvalue weighted by Gasteiger charge is -2.32. The zero-order valence-corrected chi connectivity index (χ0v) is 22.0. The molecule has 5 heteroatoms.